The molecule has 176 valence electrons. The van der Waals surface area contributed by atoms with Gasteiger partial charge in [0.1, 0.15) is 5.60 Å². The molecule has 2 aliphatic heterocycles. The number of aliphatic carboxylic acids is 1. The van der Waals surface area contributed by atoms with Crippen molar-refractivity contribution in [2.45, 2.75) is 58.2 Å². The van der Waals surface area contributed by atoms with Crippen molar-refractivity contribution in [2.75, 3.05) is 7.11 Å². The summed E-state index contributed by atoms with van der Waals surface area (Å²) in [5, 5.41) is 22.6. The Morgan fingerprint density at radius 3 is 2.63 bits per heavy atom. The third-order valence-electron chi connectivity index (χ3n) is 6.11. The molecule has 0 saturated carbocycles. The van der Waals surface area contributed by atoms with Crippen molar-refractivity contribution >= 4 is 11.7 Å². The molecule has 0 unspecified atom stereocenters. The van der Waals surface area contributed by atoms with Gasteiger partial charge >= 0.3 is 29.6 Å². The second-order valence-electron chi connectivity index (χ2n) is 10.0. The van der Waals surface area contributed by atoms with E-state index in [1.54, 1.807) is 7.11 Å². The zero-order valence-corrected chi connectivity index (χ0v) is 22.9. The summed E-state index contributed by atoms with van der Waals surface area (Å²) in [6.45, 7) is 7.93. The smallest absolute Gasteiger partial charge is 0.548 e. The van der Waals surface area contributed by atoms with Gasteiger partial charge in [-0.15, -0.1) is 5.10 Å². The van der Waals surface area contributed by atoms with Gasteiger partial charge < -0.3 is 19.4 Å². The Kier molecular flexibility index (Phi) is 6.54. The van der Waals surface area contributed by atoms with Gasteiger partial charge in [0.15, 0.2) is 17.3 Å². The average Bonchev–Trinajstić information content (AvgIpc) is 3.34. The summed E-state index contributed by atoms with van der Waals surface area (Å²) in [5.41, 5.74) is 5.13. The molecule has 0 spiro atoms. The fourth-order valence-corrected chi connectivity index (χ4v) is 4.88. The molecular formula is C25H26N5NaO4. The first kappa shape index (κ1) is 25.3. The molecule has 2 aliphatic rings. The van der Waals surface area contributed by atoms with Crippen LogP contribution in [0.4, 0.5) is 0 Å². The summed E-state index contributed by atoms with van der Waals surface area (Å²) < 4.78 is 13.2. The summed E-state index contributed by atoms with van der Waals surface area (Å²) in [4.78, 5) is 16.3. The molecule has 0 radical (unpaired) electrons. The Balaban J connectivity index is 0.00000289. The fraction of sp³-hybridized carbons (Fsp3) is 0.400. The topological polar surface area (TPSA) is 115 Å². The Hall–Kier alpha value is -2.75. The third-order valence-corrected chi connectivity index (χ3v) is 6.11. The van der Waals surface area contributed by atoms with E-state index in [4.69, 9.17) is 14.5 Å². The SMILES string of the molecule is COc1cc2c(c3c1OC(C)(C)C3)C(c1cccc(-c3nnnn3CC(=O)[O-])c1)=NC(C)(C)C2.[Na+]. The van der Waals surface area contributed by atoms with Crippen LogP contribution in [0.25, 0.3) is 11.4 Å². The van der Waals surface area contributed by atoms with Gasteiger partial charge in [0.05, 0.1) is 30.9 Å². The standard InChI is InChI=1S/C25H27N5O4.Na/c1-24(2)11-16-10-18(33-5)22-17(12-25(3,4)34-22)20(16)21(26-24)14-7-6-8-15(9-14)23-27-28-29-30(23)13-19(31)32;/h6-10H,11-13H2,1-5H3,(H,31,32);/q;+1/p-1. The molecule has 0 saturated heterocycles. The number of aliphatic imine (C=N–C) groups is 1. The van der Waals surface area contributed by atoms with E-state index in [0.717, 1.165) is 46.7 Å². The van der Waals surface area contributed by atoms with E-state index in [9.17, 15) is 9.90 Å². The monoisotopic (exact) mass is 483 g/mol. The number of hydrogen-bond donors (Lipinski definition) is 0. The zero-order chi connectivity index (χ0) is 24.3. The molecule has 0 N–H and O–H groups in total. The van der Waals surface area contributed by atoms with Gasteiger partial charge in [0.2, 0.25) is 0 Å². The van der Waals surface area contributed by atoms with Crippen LogP contribution in [0, 0.1) is 0 Å². The van der Waals surface area contributed by atoms with Crippen LogP contribution in [-0.2, 0) is 24.2 Å². The predicted molar refractivity (Wildman–Crippen MR) is 123 cm³/mol. The van der Waals surface area contributed by atoms with Crippen LogP contribution in [0.15, 0.2) is 35.3 Å². The van der Waals surface area contributed by atoms with Crippen molar-refractivity contribution in [3.63, 3.8) is 0 Å². The van der Waals surface area contributed by atoms with Crippen molar-refractivity contribution < 1.29 is 48.9 Å². The minimum Gasteiger partial charge on any atom is -0.548 e. The van der Waals surface area contributed by atoms with E-state index < -0.39 is 12.5 Å². The number of tetrazole rings is 1. The summed E-state index contributed by atoms with van der Waals surface area (Å²) >= 11 is 0. The van der Waals surface area contributed by atoms with Crippen LogP contribution >= 0.6 is 0 Å². The molecule has 2 aromatic carbocycles. The van der Waals surface area contributed by atoms with E-state index in [0.29, 0.717) is 11.4 Å². The average molecular weight is 484 g/mol. The van der Waals surface area contributed by atoms with Gasteiger partial charge in [0.25, 0.3) is 0 Å². The van der Waals surface area contributed by atoms with E-state index in [1.165, 1.54) is 10.2 Å². The number of carboxylic acid groups (broad SMARTS) is 1. The van der Waals surface area contributed by atoms with Crippen molar-refractivity contribution in [2.24, 2.45) is 4.99 Å². The molecule has 1 aromatic heterocycles. The number of aromatic nitrogens is 4. The van der Waals surface area contributed by atoms with Crippen LogP contribution in [0.5, 0.6) is 11.5 Å². The van der Waals surface area contributed by atoms with Gasteiger partial charge in [-0.3, -0.25) is 4.99 Å². The maximum Gasteiger partial charge on any atom is 1.00 e. The number of ether oxygens (including phenoxy) is 2. The Labute approximate surface area is 225 Å². The molecule has 0 aliphatic carbocycles. The normalized spacial score (nSPS) is 16.9. The van der Waals surface area contributed by atoms with Crippen molar-refractivity contribution in [1.29, 1.82) is 0 Å². The van der Waals surface area contributed by atoms with Crippen molar-refractivity contribution in [1.82, 2.24) is 20.2 Å². The zero-order valence-electron chi connectivity index (χ0n) is 20.9. The van der Waals surface area contributed by atoms with Gasteiger partial charge in [-0.1, -0.05) is 18.2 Å². The minimum absolute atomic E-state index is 0. The van der Waals surface area contributed by atoms with Crippen LogP contribution in [0.2, 0.25) is 0 Å². The number of rotatable bonds is 5. The number of carbonyl (C=O) groups excluding carboxylic acids is 1. The molecule has 3 heterocycles. The first-order valence-electron chi connectivity index (χ1n) is 11.2. The number of nitrogens with zero attached hydrogens (tertiary/aromatic N) is 5. The van der Waals surface area contributed by atoms with E-state index >= 15 is 0 Å². The van der Waals surface area contributed by atoms with Crippen LogP contribution in [-0.4, -0.2) is 50.1 Å². The molecule has 10 heteroatoms. The fourth-order valence-electron chi connectivity index (χ4n) is 4.88. The Bertz CT molecular complexity index is 1350. The molecule has 5 rings (SSSR count). The third kappa shape index (κ3) is 4.72. The largest absolute Gasteiger partial charge is 1.00 e. The van der Waals surface area contributed by atoms with E-state index in [1.807, 2.05) is 24.3 Å². The van der Waals surface area contributed by atoms with Gasteiger partial charge in [-0.25, -0.2) is 4.68 Å². The number of methoxy groups -OCH3 is 1. The van der Waals surface area contributed by atoms with Crippen LogP contribution in [0.3, 0.4) is 0 Å². The van der Waals surface area contributed by atoms with Crippen molar-refractivity contribution in [3.8, 4) is 22.9 Å². The van der Waals surface area contributed by atoms with E-state index in [-0.39, 0.29) is 40.7 Å². The van der Waals surface area contributed by atoms with Gasteiger partial charge in [-0.05, 0) is 62.2 Å². The summed E-state index contributed by atoms with van der Waals surface area (Å²) in [5.74, 6) is 0.606. The van der Waals surface area contributed by atoms with Crippen LogP contribution in [0.1, 0.15) is 49.9 Å². The summed E-state index contributed by atoms with van der Waals surface area (Å²) in [7, 11) is 1.67. The number of carboxylic acids is 1. The minimum atomic E-state index is -1.26. The quantitative estimate of drug-likeness (QED) is 0.427. The second kappa shape index (κ2) is 9.04. The van der Waals surface area contributed by atoms with Crippen molar-refractivity contribution in [3.05, 3.63) is 52.6 Å². The number of carbonyl (C=O) groups is 1. The predicted octanol–water partition coefficient (Wildman–Crippen LogP) is -1.01. The summed E-state index contributed by atoms with van der Waals surface area (Å²) in [6, 6.07) is 9.76. The molecule has 35 heavy (non-hydrogen) atoms. The molecular weight excluding hydrogens is 457 g/mol. The Morgan fingerprint density at radius 2 is 1.91 bits per heavy atom. The van der Waals surface area contributed by atoms with Gasteiger partial charge in [-0.2, -0.15) is 0 Å². The second-order valence-corrected chi connectivity index (χ2v) is 10.0. The first-order valence-corrected chi connectivity index (χ1v) is 11.2. The molecule has 0 bridgehead atoms. The summed E-state index contributed by atoms with van der Waals surface area (Å²) in [6.07, 6.45) is 1.52. The number of benzene rings is 2. The number of fused-ring (bicyclic) bond motifs is 3. The molecule has 0 fully saturated rings. The first-order chi connectivity index (χ1) is 16.1. The van der Waals surface area contributed by atoms with Crippen LogP contribution < -0.4 is 44.1 Å². The molecule has 3 aromatic rings. The van der Waals surface area contributed by atoms with E-state index in [2.05, 4.69) is 49.3 Å². The number of hydrogen-bond acceptors (Lipinski definition) is 8. The van der Waals surface area contributed by atoms with Gasteiger partial charge in [0, 0.05) is 28.7 Å². The molecule has 9 nitrogen and oxygen atoms in total. The molecule has 0 atom stereocenters. The molecule has 0 amide bonds. The maximum atomic E-state index is 11.1. The maximum absolute atomic E-state index is 11.1. The Morgan fingerprint density at radius 1 is 1.17 bits per heavy atom.